The maximum Gasteiger partial charge on any atom is 0.290 e. The molecule has 1 aromatic carbocycles. The number of para-hydroxylation sites is 1. The molecule has 0 saturated carbocycles. The number of hydrogen-bond donors (Lipinski definition) is 2. The molecule has 0 bridgehead atoms. The molecule has 1 aliphatic heterocycles. The number of nitrogens with zero attached hydrogens (tertiary/aromatic N) is 1. The molecule has 144 valence electrons. The van der Waals surface area contributed by atoms with Crippen molar-refractivity contribution in [1.82, 2.24) is 9.88 Å². The Labute approximate surface area is 161 Å². The van der Waals surface area contributed by atoms with Gasteiger partial charge in [-0.3, -0.25) is 9.59 Å². The van der Waals surface area contributed by atoms with Crippen molar-refractivity contribution >= 4 is 22.6 Å². The summed E-state index contributed by atoms with van der Waals surface area (Å²) in [5.74, 6) is -1.58. The van der Waals surface area contributed by atoms with Gasteiger partial charge >= 0.3 is 0 Å². The van der Waals surface area contributed by atoms with E-state index in [9.17, 15) is 14.7 Å². The minimum Gasteiger partial charge on any atom is -0.503 e. The van der Waals surface area contributed by atoms with E-state index < -0.39 is 23.5 Å². The first-order valence-electron chi connectivity index (χ1n) is 8.93. The number of aliphatic hydroxyl groups is 1. The summed E-state index contributed by atoms with van der Waals surface area (Å²) in [4.78, 5) is 30.7. The maximum atomic E-state index is 13.1. The smallest absolute Gasteiger partial charge is 0.290 e. The number of carbonyl (C=O) groups is 2. The van der Waals surface area contributed by atoms with E-state index in [1.54, 1.807) is 6.07 Å². The summed E-state index contributed by atoms with van der Waals surface area (Å²) in [7, 11) is 1.54. The molecule has 1 amide bonds. The highest BCUT2D eigenvalue weighted by Gasteiger charge is 2.45. The molecule has 1 atom stereocenters. The molecular formula is C21H20N2O5. The van der Waals surface area contributed by atoms with E-state index in [0.717, 1.165) is 22.2 Å². The summed E-state index contributed by atoms with van der Waals surface area (Å²) in [5.41, 5.74) is 2.51. The number of rotatable bonds is 6. The van der Waals surface area contributed by atoms with Crippen LogP contribution >= 0.6 is 0 Å². The molecule has 3 heterocycles. The lowest BCUT2D eigenvalue weighted by atomic mass is 9.93. The van der Waals surface area contributed by atoms with Gasteiger partial charge in [0, 0.05) is 35.8 Å². The Morgan fingerprint density at radius 1 is 1.29 bits per heavy atom. The fourth-order valence-electron chi connectivity index (χ4n) is 3.80. The minimum absolute atomic E-state index is 0.0175. The number of H-pyrrole nitrogens is 1. The van der Waals surface area contributed by atoms with E-state index in [1.807, 2.05) is 31.2 Å². The zero-order chi connectivity index (χ0) is 19.8. The lowest BCUT2D eigenvalue weighted by molar-refractivity contribution is -0.130. The summed E-state index contributed by atoms with van der Waals surface area (Å²) in [6, 6.07) is 10.0. The lowest BCUT2D eigenvalue weighted by Crippen LogP contribution is -2.34. The van der Waals surface area contributed by atoms with Gasteiger partial charge in [0.25, 0.3) is 5.91 Å². The third-order valence-corrected chi connectivity index (χ3v) is 5.05. The summed E-state index contributed by atoms with van der Waals surface area (Å²) in [6.07, 6.45) is 1.39. The molecule has 28 heavy (non-hydrogen) atoms. The molecule has 0 radical (unpaired) electrons. The van der Waals surface area contributed by atoms with Gasteiger partial charge in [-0.25, -0.2) is 0 Å². The highest BCUT2D eigenvalue weighted by molar-refractivity contribution is 6.15. The molecule has 3 aromatic rings. The largest absolute Gasteiger partial charge is 0.503 e. The summed E-state index contributed by atoms with van der Waals surface area (Å²) in [5, 5.41) is 11.5. The molecule has 0 aliphatic carbocycles. The Balaban J connectivity index is 1.91. The van der Waals surface area contributed by atoms with Crippen LogP contribution in [0.3, 0.4) is 0 Å². The number of aryl methyl sites for hydroxylation is 1. The van der Waals surface area contributed by atoms with Gasteiger partial charge in [-0.2, -0.15) is 0 Å². The van der Waals surface area contributed by atoms with E-state index in [1.165, 1.54) is 24.3 Å². The maximum absolute atomic E-state index is 13.1. The van der Waals surface area contributed by atoms with Crippen molar-refractivity contribution < 1.29 is 23.8 Å². The van der Waals surface area contributed by atoms with Crippen molar-refractivity contribution in [3.05, 3.63) is 71.0 Å². The Bertz CT molecular complexity index is 1080. The van der Waals surface area contributed by atoms with Crippen LogP contribution in [0.1, 0.15) is 27.9 Å². The third kappa shape index (κ3) is 2.71. The number of carbonyl (C=O) groups excluding carboxylic acids is 2. The van der Waals surface area contributed by atoms with Crippen LogP contribution in [0.15, 0.2) is 58.4 Å². The van der Waals surface area contributed by atoms with E-state index in [-0.39, 0.29) is 24.5 Å². The van der Waals surface area contributed by atoms with Crippen LogP contribution in [-0.4, -0.2) is 46.9 Å². The quantitative estimate of drug-likeness (QED) is 0.640. The number of Topliss-reactive ketones (excluding diaryl/α,β-unsaturated/α-hetero) is 1. The zero-order valence-electron chi connectivity index (χ0n) is 15.6. The van der Waals surface area contributed by atoms with E-state index in [4.69, 9.17) is 9.15 Å². The third-order valence-electron chi connectivity index (χ3n) is 5.05. The predicted molar refractivity (Wildman–Crippen MR) is 102 cm³/mol. The molecule has 0 spiro atoms. The van der Waals surface area contributed by atoms with Crippen LogP contribution in [0.4, 0.5) is 0 Å². The molecule has 4 rings (SSSR count). The van der Waals surface area contributed by atoms with Crippen LogP contribution in [-0.2, 0) is 9.53 Å². The van der Waals surface area contributed by atoms with Gasteiger partial charge in [-0.1, -0.05) is 18.2 Å². The fourth-order valence-corrected chi connectivity index (χ4v) is 3.80. The number of methoxy groups -OCH3 is 1. The number of benzene rings is 1. The van der Waals surface area contributed by atoms with E-state index in [2.05, 4.69) is 4.98 Å². The first kappa shape index (κ1) is 18.1. The van der Waals surface area contributed by atoms with Crippen LogP contribution in [0.5, 0.6) is 0 Å². The van der Waals surface area contributed by atoms with Gasteiger partial charge in [0.1, 0.15) is 0 Å². The van der Waals surface area contributed by atoms with Gasteiger partial charge in [0.05, 0.1) is 24.5 Å². The van der Waals surface area contributed by atoms with E-state index in [0.29, 0.717) is 0 Å². The van der Waals surface area contributed by atoms with Crippen molar-refractivity contribution in [2.45, 2.75) is 13.0 Å². The summed E-state index contributed by atoms with van der Waals surface area (Å²) >= 11 is 0. The van der Waals surface area contributed by atoms with Gasteiger partial charge in [-0.15, -0.1) is 0 Å². The topological polar surface area (TPSA) is 95.8 Å². The zero-order valence-corrected chi connectivity index (χ0v) is 15.6. The highest BCUT2D eigenvalue weighted by atomic mass is 16.5. The summed E-state index contributed by atoms with van der Waals surface area (Å²) in [6.45, 7) is 2.40. The molecule has 7 nitrogen and oxygen atoms in total. The van der Waals surface area contributed by atoms with Crippen molar-refractivity contribution in [2.24, 2.45) is 0 Å². The predicted octanol–water partition coefficient (Wildman–Crippen LogP) is 3.29. The normalized spacial score (nSPS) is 17.1. The van der Waals surface area contributed by atoms with Crippen LogP contribution < -0.4 is 0 Å². The SMILES string of the molecule is COCCN1C(=O)C(O)=C(C(=O)c2ccco2)C1c1c(C)[nH]c2ccccc12. The molecule has 0 fully saturated rings. The Morgan fingerprint density at radius 2 is 2.07 bits per heavy atom. The Kier molecular flexibility index (Phi) is 4.52. The fraction of sp³-hybridized carbons (Fsp3) is 0.238. The number of amides is 1. The van der Waals surface area contributed by atoms with Crippen molar-refractivity contribution in [1.29, 1.82) is 0 Å². The number of aromatic nitrogens is 1. The van der Waals surface area contributed by atoms with Crippen LogP contribution in [0, 0.1) is 6.92 Å². The number of fused-ring (bicyclic) bond motifs is 1. The number of ketones is 1. The van der Waals surface area contributed by atoms with Crippen molar-refractivity contribution in [3.8, 4) is 0 Å². The number of aromatic amines is 1. The van der Waals surface area contributed by atoms with Crippen molar-refractivity contribution in [2.75, 3.05) is 20.3 Å². The van der Waals surface area contributed by atoms with Gasteiger partial charge < -0.3 is 24.1 Å². The molecule has 2 N–H and O–H groups in total. The minimum atomic E-state index is -0.739. The van der Waals surface area contributed by atoms with Crippen LogP contribution in [0.25, 0.3) is 10.9 Å². The molecule has 2 aromatic heterocycles. The molecule has 7 heteroatoms. The molecule has 1 aliphatic rings. The first-order valence-corrected chi connectivity index (χ1v) is 8.93. The number of ether oxygens (including phenoxy) is 1. The average molecular weight is 380 g/mol. The summed E-state index contributed by atoms with van der Waals surface area (Å²) < 4.78 is 10.4. The second-order valence-electron chi connectivity index (χ2n) is 6.67. The van der Waals surface area contributed by atoms with Gasteiger partial charge in [0.15, 0.2) is 11.5 Å². The first-order chi connectivity index (χ1) is 13.5. The number of furan rings is 1. The highest BCUT2D eigenvalue weighted by Crippen LogP contribution is 2.42. The second kappa shape index (κ2) is 7.01. The standard InChI is InChI=1S/C21H20N2O5/c1-12-16(13-6-3-4-7-14(13)22-12)18-17(19(24)15-8-5-10-28-15)20(25)21(26)23(18)9-11-27-2/h3-8,10,18,22,25H,9,11H2,1-2H3. The lowest BCUT2D eigenvalue weighted by Gasteiger charge is -2.26. The Morgan fingerprint density at radius 3 is 2.79 bits per heavy atom. The second-order valence-corrected chi connectivity index (χ2v) is 6.67. The Hall–Kier alpha value is -3.32. The number of nitrogens with one attached hydrogen (secondary N) is 1. The average Bonchev–Trinajstić information content (AvgIpc) is 3.38. The van der Waals surface area contributed by atoms with Gasteiger partial charge in [-0.05, 0) is 25.1 Å². The number of aliphatic hydroxyl groups excluding tert-OH is 1. The number of hydrogen-bond acceptors (Lipinski definition) is 5. The van der Waals surface area contributed by atoms with Gasteiger partial charge in [0.2, 0.25) is 5.78 Å². The molecule has 0 saturated heterocycles. The van der Waals surface area contributed by atoms with E-state index >= 15 is 0 Å². The molecular weight excluding hydrogens is 360 g/mol. The monoisotopic (exact) mass is 380 g/mol. The van der Waals surface area contributed by atoms with Crippen molar-refractivity contribution in [3.63, 3.8) is 0 Å². The molecule has 1 unspecified atom stereocenters. The van der Waals surface area contributed by atoms with Crippen LogP contribution in [0.2, 0.25) is 0 Å².